The molecule has 2 amide bonds. The Labute approximate surface area is 564 Å². The fourth-order valence-electron chi connectivity index (χ4n) is 13.1. The molecule has 8 bridgehead atoms. The standard InChI is InChI=1S/C79H70N6O13/c1-43-20-26-50(27-21-43)70-60-32-34-62(80-60)71(51-28-22-44(2)23-29-51)64-36-38-66(82-64)73(67-39-37-65(83-67)72(63-35-33-61(70)81-63)52-30-24-45(3)25-31-52)57-18-12-13-19-59(57)84-77(90)68(85-79(91)94-40-58-55-16-10-8-14-53(55)54-15-9-11-17-56(54)58)41-93-78-76(97-49(7)89)75(96-48(6)88)74(95-47(5)87)69(98-78)42-92-46(4)86/h8-39,58,68-69,74-76,78,80,83H,40-42H2,1-7H3,(H,84,90)(H,85,91)/t68-,69+,74+,75-,76+,78+/m0/s1. The third kappa shape index (κ3) is 13.8. The van der Waals surface area contributed by atoms with E-state index in [9.17, 15) is 24.0 Å². The van der Waals surface area contributed by atoms with Crippen LogP contribution in [0.2, 0.25) is 0 Å². The maximum Gasteiger partial charge on any atom is 0.407 e. The molecule has 0 unspecified atom stereocenters. The Hall–Kier alpha value is -11.5. The fraction of sp³-hybridized carbons (Fsp3) is 0.215. The summed E-state index contributed by atoms with van der Waals surface area (Å²) >= 11 is 0. The smallest absolute Gasteiger partial charge is 0.407 e. The highest BCUT2D eigenvalue weighted by Crippen LogP contribution is 2.45. The Balaban J connectivity index is 0.943. The molecule has 1 aliphatic carbocycles. The Bertz CT molecular complexity index is 4770. The summed E-state index contributed by atoms with van der Waals surface area (Å²) in [5.74, 6) is -4.43. The van der Waals surface area contributed by atoms with Crippen LogP contribution >= 0.6 is 0 Å². The predicted octanol–water partition coefficient (Wildman–Crippen LogP) is 14.2. The second kappa shape index (κ2) is 28.0. The summed E-state index contributed by atoms with van der Waals surface area (Å²) in [6.07, 6.45) is -0.818. The number of hydrogen-bond acceptors (Lipinski definition) is 15. The van der Waals surface area contributed by atoms with Gasteiger partial charge in [-0.1, -0.05) is 156 Å². The maximum absolute atomic E-state index is 15.6. The van der Waals surface area contributed by atoms with Gasteiger partial charge in [0.1, 0.15) is 25.4 Å². The molecule has 494 valence electrons. The van der Waals surface area contributed by atoms with Crippen molar-refractivity contribution in [2.45, 2.75) is 91.1 Å². The third-order valence-electron chi connectivity index (χ3n) is 17.6. The highest BCUT2D eigenvalue weighted by molar-refractivity contribution is 6.05. The quantitative estimate of drug-likeness (QED) is 0.0489. The lowest BCUT2D eigenvalue weighted by Crippen LogP contribution is -2.63. The van der Waals surface area contributed by atoms with Crippen molar-refractivity contribution in [3.8, 4) is 55.6 Å². The van der Waals surface area contributed by atoms with Crippen LogP contribution in [0, 0.1) is 20.8 Å². The number of nitrogens with one attached hydrogen (secondary N) is 4. The van der Waals surface area contributed by atoms with Crippen LogP contribution in [0.4, 0.5) is 10.5 Å². The molecule has 19 heteroatoms. The van der Waals surface area contributed by atoms with Gasteiger partial charge >= 0.3 is 30.0 Å². The summed E-state index contributed by atoms with van der Waals surface area (Å²) in [6.45, 7) is 9.24. The summed E-state index contributed by atoms with van der Waals surface area (Å²) in [4.78, 5) is 99.3. The first kappa shape index (κ1) is 65.1. The molecule has 98 heavy (non-hydrogen) atoms. The monoisotopic (exact) mass is 1310 g/mol. The van der Waals surface area contributed by atoms with E-state index in [-0.39, 0.29) is 18.2 Å². The predicted molar refractivity (Wildman–Crippen MR) is 373 cm³/mol. The summed E-state index contributed by atoms with van der Waals surface area (Å²) < 4.78 is 41.1. The molecular weight excluding hydrogens is 1240 g/mol. The van der Waals surface area contributed by atoms with Crippen LogP contribution in [-0.4, -0.2) is 112 Å². The number of H-pyrrole nitrogens is 2. The Morgan fingerprint density at radius 3 is 1.35 bits per heavy atom. The zero-order valence-corrected chi connectivity index (χ0v) is 54.8. The van der Waals surface area contributed by atoms with Crippen LogP contribution < -0.4 is 10.6 Å². The van der Waals surface area contributed by atoms with E-state index < -0.39 is 85.8 Å². The van der Waals surface area contributed by atoms with Gasteiger partial charge in [-0.2, -0.15) is 0 Å². The lowest BCUT2D eigenvalue weighted by Gasteiger charge is -2.44. The highest BCUT2D eigenvalue weighted by atomic mass is 16.7. The van der Waals surface area contributed by atoms with Crippen LogP contribution in [0.25, 0.3) is 102 Å². The third-order valence-corrected chi connectivity index (χ3v) is 17.6. The van der Waals surface area contributed by atoms with Gasteiger partial charge in [-0.3, -0.25) is 24.0 Å². The molecular formula is C79H70N6O13. The second-order valence-electron chi connectivity index (χ2n) is 24.6. The van der Waals surface area contributed by atoms with Gasteiger partial charge in [-0.25, -0.2) is 14.8 Å². The molecule has 13 rings (SSSR count). The molecule has 3 aliphatic heterocycles. The van der Waals surface area contributed by atoms with Gasteiger partial charge in [0.25, 0.3) is 0 Å². The Kier molecular flexibility index (Phi) is 18.6. The Morgan fingerprint density at radius 2 is 0.878 bits per heavy atom. The first-order valence-corrected chi connectivity index (χ1v) is 32.2. The highest BCUT2D eigenvalue weighted by Gasteiger charge is 2.53. The van der Waals surface area contributed by atoms with Crippen molar-refractivity contribution in [1.29, 1.82) is 0 Å². The summed E-state index contributed by atoms with van der Waals surface area (Å²) in [7, 11) is 0. The molecule has 6 atom stereocenters. The maximum atomic E-state index is 15.6. The van der Waals surface area contributed by atoms with E-state index in [1.54, 1.807) is 12.1 Å². The van der Waals surface area contributed by atoms with E-state index in [2.05, 4.69) is 119 Å². The fourth-order valence-corrected chi connectivity index (χ4v) is 13.1. The number of alkyl carbamates (subject to hydrolysis) is 1. The van der Waals surface area contributed by atoms with Crippen molar-refractivity contribution in [2.24, 2.45) is 0 Å². The molecule has 0 radical (unpaired) electrons. The minimum Gasteiger partial charge on any atom is -0.463 e. The first-order valence-electron chi connectivity index (χ1n) is 32.2. The van der Waals surface area contributed by atoms with Gasteiger partial charge < -0.3 is 53.8 Å². The summed E-state index contributed by atoms with van der Waals surface area (Å²) in [6, 6.07) is 54.4. The zero-order chi connectivity index (χ0) is 68.3. The van der Waals surface area contributed by atoms with Crippen LogP contribution in [0.15, 0.2) is 170 Å². The molecule has 3 aromatic heterocycles. The number of ether oxygens (including phenoxy) is 7. The molecule has 1 fully saturated rings. The van der Waals surface area contributed by atoms with Gasteiger partial charge in [0, 0.05) is 89.2 Å². The largest absolute Gasteiger partial charge is 0.463 e. The number of carbonyl (C=O) groups excluding carboxylic acids is 6. The molecule has 4 N–H and O–H groups in total. The number of aryl methyl sites for hydroxylation is 3. The Morgan fingerprint density at radius 1 is 0.459 bits per heavy atom. The average molecular weight is 1310 g/mol. The van der Waals surface area contributed by atoms with E-state index in [0.29, 0.717) is 28.0 Å². The van der Waals surface area contributed by atoms with Gasteiger partial charge in [0.15, 0.2) is 24.6 Å². The number of aromatic nitrogens is 4. The van der Waals surface area contributed by atoms with E-state index in [4.69, 9.17) is 43.1 Å². The number of para-hydroxylation sites is 1. The number of aromatic amines is 2. The molecule has 4 aliphatic rings. The lowest BCUT2D eigenvalue weighted by atomic mass is 9.98. The molecule has 9 aromatic rings. The van der Waals surface area contributed by atoms with Crippen molar-refractivity contribution < 1.29 is 61.9 Å². The van der Waals surface area contributed by atoms with Crippen LogP contribution in [0.3, 0.4) is 0 Å². The number of fused-ring (bicyclic) bond motifs is 11. The number of esters is 4. The van der Waals surface area contributed by atoms with E-state index in [1.807, 2.05) is 105 Å². The van der Waals surface area contributed by atoms with Gasteiger partial charge in [-0.05, 0) is 114 Å². The molecule has 1 saturated heterocycles. The first-order chi connectivity index (χ1) is 47.4. The summed E-state index contributed by atoms with van der Waals surface area (Å²) in [5, 5.41) is 5.84. The lowest BCUT2D eigenvalue weighted by molar-refractivity contribution is -0.308. The number of hydrogen-bond donors (Lipinski definition) is 4. The topological polar surface area (TPSA) is 248 Å². The normalized spacial score (nSPS) is 17.0. The van der Waals surface area contributed by atoms with Gasteiger partial charge in [0.05, 0.1) is 29.4 Å². The number of rotatable bonds is 17. The second-order valence-corrected chi connectivity index (χ2v) is 24.6. The molecule has 6 heterocycles. The number of amides is 2. The molecule has 0 saturated carbocycles. The number of benzene rings is 6. The molecule has 19 nitrogen and oxygen atoms in total. The van der Waals surface area contributed by atoms with Crippen molar-refractivity contribution >= 4 is 87.9 Å². The van der Waals surface area contributed by atoms with Crippen LogP contribution in [-0.2, 0) is 57.1 Å². The molecule has 0 spiro atoms. The van der Waals surface area contributed by atoms with Crippen LogP contribution in [0.5, 0.6) is 0 Å². The van der Waals surface area contributed by atoms with Gasteiger partial charge in [-0.15, -0.1) is 0 Å². The van der Waals surface area contributed by atoms with Crippen molar-refractivity contribution in [2.75, 3.05) is 25.1 Å². The number of carbonyl (C=O) groups is 6. The zero-order valence-electron chi connectivity index (χ0n) is 54.8. The van der Waals surface area contributed by atoms with Crippen LogP contribution in [0.1, 0.15) is 84.2 Å². The summed E-state index contributed by atoms with van der Waals surface area (Å²) in [5.41, 5.74) is 19.7. The van der Waals surface area contributed by atoms with Crippen molar-refractivity contribution in [3.05, 3.63) is 220 Å². The number of anilines is 1. The molecule has 6 aromatic carbocycles. The van der Waals surface area contributed by atoms with E-state index in [1.165, 1.54) is 0 Å². The van der Waals surface area contributed by atoms with E-state index >= 15 is 4.79 Å². The minimum absolute atomic E-state index is 0.115. The van der Waals surface area contributed by atoms with Gasteiger partial charge in [0.2, 0.25) is 5.91 Å². The van der Waals surface area contributed by atoms with Crippen molar-refractivity contribution in [3.63, 3.8) is 0 Å². The average Bonchev–Trinajstić information content (AvgIpc) is 1.56. The van der Waals surface area contributed by atoms with Crippen molar-refractivity contribution in [1.82, 2.24) is 25.3 Å². The van der Waals surface area contributed by atoms with E-state index in [0.717, 1.165) is 128 Å². The minimum atomic E-state index is -1.72. The number of nitrogens with zero attached hydrogens (tertiary/aromatic N) is 2. The SMILES string of the molecule is CC(=O)OC[C@H]1O[C@@H](OC[C@H](NC(=O)OCC2c3ccccc3-c3ccccc32)C(=O)Nc2ccccc2-c2c3nc(c(-c4ccc(C)cc4)c4ccc([nH]4)c(-c4ccc(C)cc4)c4nc(c(-c5ccc(C)cc5)c5ccc2[nH]5)C=C4)C=C3)[C@H](OC(C)=O)[C@@H](OC(C)=O)[C@@H]1OC(C)=O.